The average Bonchev–Trinajstić information content (AvgIpc) is 2.74. The molecular formula is C15H14N2. The molecular weight excluding hydrogens is 208 g/mol. The van der Waals surface area contributed by atoms with Gasteiger partial charge in [0.25, 0.3) is 0 Å². The van der Waals surface area contributed by atoms with Crippen LogP contribution in [0.4, 0.5) is 5.69 Å². The first kappa shape index (κ1) is 9.97. The Morgan fingerprint density at radius 2 is 1.88 bits per heavy atom. The molecule has 2 N–H and O–H groups in total. The van der Waals surface area contributed by atoms with E-state index in [0.29, 0.717) is 0 Å². The SMILES string of the molecule is C=CCNc1ccc2[nH]c3ccccc3c2c1. The number of benzene rings is 2. The lowest BCUT2D eigenvalue weighted by molar-refractivity contribution is 1.35. The highest BCUT2D eigenvalue weighted by Gasteiger charge is 2.03. The number of para-hydroxylation sites is 1. The van der Waals surface area contributed by atoms with Gasteiger partial charge in [-0.1, -0.05) is 24.3 Å². The second kappa shape index (κ2) is 3.98. The molecule has 0 aliphatic rings. The molecule has 0 aliphatic heterocycles. The van der Waals surface area contributed by atoms with Crippen molar-refractivity contribution >= 4 is 27.5 Å². The Balaban J connectivity index is 2.19. The Bertz CT molecular complexity index is 680. The second-order valence-corrected chi connectivity index (χ2v) is 4.10. The van der Waals surface area contributed by atoms with Crippen molar-refractivity contribution in [2.45, 2.75) is 0 Å². The fourth-order valence-electron chi connectivity index (χ4n) is 2.15. The quantitative estimate of drug-likeness (QED) is 0.646. The number of aromatic nitrogens is 1. The second-order valence-electron chi connectivity index (χ2n) is 4.10. The summed E-state index contributed by atoms with van der Waals surface area (Å²) < 4.78 is 0. The van der Waals surface area contributed by atoms with Gasteiger partial charge in [0.2, 0.25) is 0 Å². The van der Waals surface area contributed by atoms with Crippen molar-refractivity contribution < 1.29 is 0 Å². The fourth-order valence-corrected chi connectivity index (χ4v) is 2.15. The zero-order valence-electron chi connectivity index (χ0n) is 9.53. The molecule has 1 heterocycles. The van der Waals surface area contributed by atoms with Crippen LogP contribution in [0, 0.1) is 0 Å². The van der Waals surface area contributed by atoms with Gasteiger partial charge in [0.15, 0.2) is 0 Å². The van der Waals surface area contributed by atoms with Gasteiger partial charge in [-0.2, -0.15) is 0 Å². The highest BCUT2D eigenvalue weighted by Crippen LogP contribution is 2.27. The molecule has 2 nitrogen and oxygen atoms in total. The van der Waals surface area contributed by atoms with Crippen molar-refractivity contribution in [1.82, 2.24) is 4.98 Å². The lowest BCUT2D eigenvalue weighted by Crippen LogP contribution is -1.96. The van der Waals surface area contributed by atoms with Crippen LogP contribution in [0.1, 0.15) is 0 Å². The van der Waals surface area contributed by atoms with Crippen LogP contribution in [0.15, 0.2) is 55.1 Å². The van der Waals surface area contributed by atoms with Gasteiger partial charge in [-0.15, -0.1) is 6.58 Å². The number of fused-ring (bicyclic) bond motifs is 3. The van der Waals surface area contributed by atoms with Gasteiger partial charge in [-0.25, -0.2) is 0 Å². The summed E-state index contributed by atoms with van der Waals surface area (Å²) in [5.41, 5.74) is 3.49. The van der Waals surface area contributed by atoms with Gasteiger partial charge in [-0.05, 0) is 24.3 Å². The summed E-state index contributed by atoms with van der Waals surface area (Å²) in [5, 5.41) is 5.84. The van der Waals surface area contributed by atoms with E-state index in [1.807, 2.05) is 6.08 Å². The number of nitrogens with one attached hydrogen (secondary N) is 2. The maximum atomic E-state index is 3.71. The largest absolute Gasteiger partial charge is 0.382 e. The van der Waals surface area contributed by atoms with Crippen LogP contribution in [0.5, 0.6) is 0 Å². The average molecular weight is 222 g/mol. The van der Waals surface area contributed by atoms with Crippen LogP contribution < -0.4 is 5.32 Å². The first-order chi connectivity index (χ1) is 8.38. The zero-order valence-corrected chi connectivity index (χ0v) is 9.53. The van der Waals surface area contributed by atoms with Crippen LogP contribution in [-0.4, -0.2) is 11.5 Å². The van der Waals surface area contributed by atoms with Crippen molar-refractivity contribution in [3.05, 3.63) is 55.1 Å². The number of rotatable bonds is 3. The Morgan fingerprint density at radius 3 is 2.76 bits per heavy atom. The molecule has 0 bridgehead atoms. The van der Waals surface area contributed by atoms with Crippen LogP contribution in [0.25, 0.3) is 21.8 Å². The fraction of sp³-hybridized carbons (Fsp3) is 0.0667. The lowest BCUT2D eigenvalue weighted by atomic mass is 10.1. The Hall–Kier alpha value is -2.22. The predicted molar refractivity (Wildman–Crippen MR) is 74.5 cm³/mol. The van der Waals surface area contributed by atoms with Gasteiger partial charge >= 0.3 is 0 Å². The van der Waals surface area contributed by atoms with Crippen molar-refractivity contribution in [3.63, 3.8) is 0 Å². The predicted octanol–water partition coefficient (Wildman–Crippen LogP) is 3.92. The maximum Gasteiger partial charge on any atom is 0.0466 e. The molecule has 17 heavy (non-hydrogen) atoms. The maximum absolute atomic E-state index is 3.71. The molecule has 1 aromatic heterocycles. The van der Waals surface area contributed by atoms with Gasteiger partial charge in [0, 0.05) is 34.0 Å². The van der Waals surface area contributed by atoms with E-state index in [2.05, 4.69) is 59.3 Å². The van der Waals surface area contributed by atoms with Crippen LogP contribution in [-0.2, 0) is 0 Å². The third-order valence-electron chi connectivity index (χ3n) is 2.96. The molecule has 2 aromatic carbocycles. The van der Waals surface area contributed by atoms with Crippen LogP contribution in [0.3, 0.4) is 0 Å². The molecule has 3 aromatic rings. The molecule has 0 amide bonds. The van der Waals surface area contributed by atoms with E-state index in [-0.39, 0.29) is 0 Å². The van der Waals surface area contributed by atoms with Crippen molar-refractivity contribution in [1.29, 1.82) is 0 Å². The lowest BCUT2D eigenvalue weighted by Gasteiger charge is -2.02. The highest BCUT2D eigenvalue weighted by atomic mass is 14.9. The van der Waals surface area contributed by atoms with E-state index in [1.165, 1.54) is 21.8 Å². The summed E-state index contributed by atoms with van der Waals surface area (Å²) in [7, 11) is 0. The minimum absolute atomic E-state index is 0.786. The summed E-state index contributed by atoms with van der Waals surface area (Å²) in [6.45, 7) is 4.49. The molecule has 0 radical (unpaired) electrons. The van der Waals surface area contributed by atoms with Gasteiger partial charge in [0.05, 0.1) is 0 Å². The first-order valence-electron chi connectivity index (χ1n) is 5.74. The summed E-state index contributed by atoms with van der Waals surface area (Å²) >= 11 is 0. The zero-order chi connectivity index (χ0) is 11.7. The normalized spacial score (nSPS) is 10.8. The number of H-pyrrole nitrogens is 1. The Labute approximate surface area is 100.0 Å². The van der Waals surface area contributed by atoms with E-state index in [9.17, 15) is 0 Å². The number of aromatic amines is 1. The van der Waals surface area contributed by atoms with E-state index in [4.69, 9.17) is 0 Å². The summed E-state index contributed by atoms with van der Waals surface area (Å²) in [5.74, 6) is 0. The third kappa shape index (κ3) is 1.68. The highest BCUT2D eigenvalue weighted by molar-refractivity contribution is 6.08. The van der Waals surface area contributed by atoms with Crippen molar-refractivity contribution in [2.24, 2.45) is 0 Å². The number of hydrogen-bond donors (Lipinski definition) is 2. The van der Waals surface area contributed by atoms with Crippen LogP contribution in [0.2, 0.25) is 0 Å². The molecule has 0 fully saturated rings. The molecule has 0 saturated heterocycles. The molecule has 0 saturated carbocycles. The smallest absolute Gasteiger partial charge is 0.0466 e. The summed E-state index contributed by atoms with van der Waals surface area (Å²) in [4.78, 5) is 3.41. The Kier molecular flexibility index (Phi) is 2.33. The first-order valence-corrected chi connectivity index (χ1v) is 5.74. The van der Waals surface area contributed by atoms with Gasteiger partial charge in [-0.3, -0.25) is 0 Å². The summed E-state index contributed by atoms with van der Waals surface area (Å²) in [6.07, 6.45) is 1.86. The molecule has 0 unspecified atom stereocenters. The topological polar surface area (TPSA) is 27.8 Å². The molecule has 84 valence electrons. The minimum atomic E-state index is 0.786. The van der Waals surface area contributed by atoms with Gasteiger partial charge in [0.1, 0.15) is 0 Å². The molecule has 0 spiro atoms. The molecule has 0 aliphatic carbocycles. The van der Waals surface area contributed by atoms with E-state index >= 15 is 0 Å². The van der Waals surface area contributed by atoms with E-state index < -0.39 is 0 Å². The standard InChI is InChI=1S/C15H14N2/c1-2-9-16-11-7-8-15-13(10-11)12-5-3-4-6-14(12)17-15/h2-8,10,16-17H,1,9H2. The monoisotopic (exact) mass is 222 g/mol. The van der Waals surface area contributed by atoms with E-state index in [0.717, 1.165) is 12.2 Å². The van der Waals surface area contributed by atoms with Crippen LogP contribution >= 0.6 is 0 Å². The Morgan fingerprint density at radius 1 is 1.06 bits per heavy atom. The molecule has 0 atom stereocenters. The number of anilines is 1. The van der Waals surface area contributed by atoms with Gasteiger partial charge < -0.3 is 10.3 Å². The third-order valence-corrected chi connectivity index (χ3v) is 2.96. The molecule has 2 heteroatoms. The minimum Gasteiger partial charge on any atom is -0.382 e. The summed E-state index contributed by atoms with van der Waals surface area (Å²) in [6, 6.07) is 14.7. The van der Waals surface area contributed by atoms with E-state index in [1.54, 1.807) is 0 Å². The molecule has 3 rings (SSSR count). The number of hydrogen-bond acceptors (Lipinski definition) is 1. The van der Waals surface area contributed by atoms with Crippen molar-refractivity contribution in [3.8, 4) is 0 Å². The van der Waals surface area contributed by atoms with Crippen molar-refractivity contribution in [2.75, 3.05) is 11.9 Å².